The number of ether oxygens (including phenoxy) is 2. The quantitative estimate of drug-likeness (QED) is 0.616. The minimum atomic E-state index is -1.02. The summed E-state index contributed by atoms with van der Waals surface area (Å²) in [4.78, 5) is 22.5. The van der Waals surface area contributed by atoms with E-state index in [-0.39, 0.29) is 17.3 Å². The van der Waals surface area contributed by atoms with E-state index >= 15 is 0 Å². The fourth-order valence-corrected chi connectivity index (χ4v) is 2.08. The van der Waals surface area contributed by atoms with Gasteiger partial charge in [-0.15, -0.1) is 11.8 Å². The summed E-state index contributed by atoms with van der Waals surface area (Å²) in [6.45, 7) is 5.79. The lowest BCUT2D eigenvalue weighted by molar-refractivity contribution is -0.151. The van der Waals surface area contributed by atoms with Crippen molar-refractivity contribution in [3.63, 3.8) is 0 Å². The van der Waals surface area contributed by atoms with Crippen LogP contribution in [0.4, 0.5) is 0 Å². The lowest BCUT2D eigenvalue weighted by Gasteiger charge is -2.19. The molecule has 0 unspecified atom stereocenters. The number of hydrogen-bond acceptors (Lipinski definition) is 5. The summed E-state index contributed by atoms with van der Waals surface area (Å²) < 4.78 is 10.6. The normalized spacial score (nSPS) is 11.0. The second-order valence-electron chi connectivity index (χ2n) is 5.29. The summed E-state index contributed by atoms with van der Waals surface area (Å²) in [5.74, 6) is -0.123. The molecular weight excluding hydrogens is 292 g/mol. The number of para-hydroxylation sites is 1. The van der Waals surface area contributed by atoms with Gasteiger partial charge in [0.15, 0.2) is 0 Å². The van der Waals surface area contributed by atoms with Crippen LogP contribution in [0.25, 0.3) is 0 Å². The van der Waals surface area contributed by atoms with Gasteiger partial charge in [-0.05, 0) is 32.9 Å². The number of esters is 1. The van der Waals surface area contributed by atoms with Crippen molar-refractivity contribution in [3.05, 3.63) is 29.8 Å². The molecule has 21 heavy (non-hydrogen) atoms. The highest BCUT2D eigenvalue weighted by molar-refractivity contribution is 7.99. The average Bonchev–Trinajstić information content (AvgIpc) is 2.36. The van der Waals surface area contributed by atoms with Gasteiger partial charge in [0.25, 0.3) is 0 Å². The number of carbonyl (C=O) groups is 2. The third-order valence-corrected chi connectivity index (χ3v) is 3.14. The van der Waals surface area contributed by atoms with Crippen LogP contribution in [-0.4, -0.2) is 40.8 Å². The minimum absolute atomic E-state index is 0.134. The van der Waals surface area contributed by atoms with Gasteiger partial charge in [-0.3, -0.25) is 4.79 Å². The third-order valence-electron chi connectivity index (χ3n) is 2.24. The topological polar surface area (TPSA) is 72.8 Å². The third kappa shape index (κ3) is 7.04. The Kier molecular flexibility index (Phi) is 6.55. The summed E-state index contributed by atoms with van der Waals surface area (Å²) in [6, 6.07) is 6.47. The van der Waals surface area contributed by atoms with Crippen molar-refractivity contribution in [2.45, 2.75) is 26.4 Å². The second-order valence-corrected chi connectivity index (χ2v) is 6.39. The molecule has 0 radical (unpaired) electrons. The fourth-order valence-electron chi connectivity index (χ4n) is 1.51. The zero-order valence-corrected chi connectivity index (χ0v) is 13.2. The van der Waals surface area contributed by atoms with Crippen LogP contribution in [-0.2, 0) is 9.53 Å². The lowest BCUT2D eigenvalue weighted by Crippen LogP contribution is -2.25. The summed E-state index contributed by atoms with van der Waals surface area (Å²) >= 11 is 1.39. The molecule has 0 aliphatic heterocycles. The Hall–Kier alpha value is -1.69. The number of benzene rings is 1. The molecule has 1 aromatic rings. The van der Waals surface area contributed by atoms with Gasteiger partial charge in [-0.2, -0.15) is 0 Å². The zero-order valence-electron chi connectivity index (χ0n) is 12.4. The maximum Gasteiger partial charge on any atom is 0.339 e. The van der Waals surface area contributed by atoms with Crippen molar-refractivity contribution in [1.82, 2.24) is 0 Å². The summed E-state index contributed by atoms with van der Waals surface area (Å²) in [7, 11) is 0. The van der Waals surface area contributed by atoms with Crippen LogP contribution in [0.3, 0.4) is 0 Å². The predicted octanol–water partition coefficient (Wildman–Crippen LogP) is 2.84. The Labute approximate surface area is 128 Å². The van der Waals surface area contributed by atoms with Crippen LogP contribution < -0.4 is 4.74 Å². The molecular formula is C15H20O5S. The Morgan fingerprint density at radius 3 is 2.52 bits per heavy atom. The monoisotopic (exact) mass is 312 g/mol. The van der Waals surface area contributed by atoms with Crippen molar-refractivity contribution in [1.29, 1.82) is 0 Å². The van der Waals surface area contributed by atoms with Crippen molar-refractivity contribution in [2.24, 2.45) is 0 Å². The Morgan fingerprint density at radius 2 is 1.90 bits per heavy atom. The SMILES string of the molecule is CC(C)(C)OC(=O)CSCCOc1ccccc1C(=O)O. The molecule has 6 heteroatoms. The number of carbonyl (C=O) groups excluding carboxylic acids is 1. The second kappa shape index (κ2) is 7.93. The van der Waals surface area contributed by atoms with Crippen molar-refractivity contribution in [2.75, 3.05) is 18.1 Å². The number of carboxylic acid groups (broad SMARTS) is 1. The van der Waals surface area contributed by atoms with Gasteiger partial charge in [0.1, 0.15) is 16.9 Å². The highest BCUT2D eigenvalue weighted by Crippen LogP contribution is 2.18. The molecule has 0 bridgehead atoms. The number of carboxylic acids is 1. The van der Waals surface area contributed by atoms with Gasteiger partial charge in [-0.1, -0.05) is 12.1 Å². The van der Waals surface area contributed by atoms with Crippen LogP contribution in [0.15, 0.2) is 24.3 Å². The largest absolute Gasteiger partial charge is 0.492 e. The standard InChI is InChI=1S/C15H20O5S/c1-15(2,3)20-13(16)10-21-9-8-19-12-7-5-4-6-11(12)14(17)18/h4-7H,8-10H2,1-3H3,(H,17,18). The Morgan fingerprint density at radius 1 is 1.24 bits per heavy atom. The van der Waals surface area contributed by atoms with E-state index in [1.54, 1.807) is 18.2 Å². The summed E-state index contributed by atoms with van der Waals surface area (Å²) in [5, 5.41) is 9.00. The molecule has 0 amide bonds. The van der Waals surface area contributed by atoms with E-state index in [0.717, 1.165) is 0 Å². The molecule has 0 atom stereocenters. The molecule has 0 aliphatic carbocycles. The first-order valence-corrected chi connectivity index (χ1v) is 7.70. The molecule has 0 heterocycles. The van der Waals surface area contributed by atoms with Gasteiger partial charge in [0, 0.05) is 5.75 Å². The molecule has 0 spiro atoms. The van der Waals surface area contributed by atoms with E-state index < -0.39 is 11.6 Å². The molecule has 5 nitrogen and oxygen atoms in total. The van der Waals surface area contributed by atoms with E-state index in [4.69, 9.17) is 14.6 Å². The van der Waals surface area contributed by atoms with Crippen LogP contribution in [0.5, 0.6) is 5.75 Å². The minimum Gasteiger partial charge on any atom is -0.492 e. The van der Waals surface area contributed by atoms with Crippen LogP contribution in [0.2, 0.25) is 0 Å². The number of rotatable bonds is 7. The van der Waals surface area contributed by atoms with Gasteiger partial charge in [0.2, 0.25) is 0 Å². The molecule has 1 aromatic carbocycles. The average molecular weight is 312 g/mol. The highest BCUT2D eigenvalue weighted by Gasteiger charge is 2.16. The van der Waals surface area contributed by atoms with Crippen molar-refractivity contribution < 1.29 is 24.2 Å². The van der Waals surface area contributed by atoms with Gasteiger partial charge in [-0.25, -0.2) is 4.79 Å². The zero-order chi connectivity index (χ0) is 15.9. The first-order chi connectivity index (χ1) is 9.79. The Balaban J connectivity index is 2.29. The fraction of sp³-hybridized carbons (Fsp3) is 0.467. The molecule has 1 N–H and O–H groups in total. The van der Waals surface area contributed by atoms with Gasteiger partial charge in [0.05, 0.1) is 12.4 Å². The predicted molar refractivity (Wildman–Crippen MR) is 82.1 cm³/mol. The smallest absolute Gasteiger partial charge is 0.339 e. The van der Waals surface area contributed by atoms with E-state index in [1.807, 2.05) is 20.8 Å². The molecule has 0 aliphatic rings. The van der Waals surface area contributed by atoms with E-state index in [2.05, 4.69) is 0 Å². The summed E-state index contributed by atoms with van der Waals surface area (Å²) in [5.41, 5.74) is -0.344. The molecule has 1 rings (SSSR count). The highest BCUT2D eigenvalue weighted by atomic mass is 32.2. The Bertz CT molecular complexity index is 493. The van der Waals surface area contributed by atoms with Gasteiger partial charge >= 0.3 is 11.9 Å². The number of thioether (sulfide) groups is 1. The molecule has 116 valence electrons. The first kappa shape index (κ1) is 17.4. The molecule has 0 aromatic heterocycles. The number of aromatic carboxylic acids is 1. The van der Waals surface area contributed by atoms with E-state index in [9.17, 15) is 9.59 Å². The summed E-state index contributed by atoms with van der Waals surface area (Å²) in [6.07, 6.45) is 0. The van der Waals surface area contributed by atoms with Crippen molar-refractivity contribution >= 4 is 23.7 Å². The maximum atomic E-state index is 11.5. The van der Waals surface area contributed by atoms with Crippen LogP contribution >= 0.6 is 11.8 Å². The van der Waals surface area contributed by atoms with Crippen molar-refractivity contribution in [3.8, 4) is 5.75 Å². The van der Waals surface area contributed by atoms with Crippen LogP contribution in [0, 0.1) is 0 Å². The van der Waals surface area contributed by atoms with Crippen LogP contribution in [0.1, 0.15) is 31.1 Å². The molecule has 0 fully saturated rings. The maximum absolute atomic E-state index is 11.5. The molecule has 0 saturated heterocycles. The lowest BCUT2D eigenvalue weighted by atomic mass is 10.2. The molecule has 0 saturated carbocycles. The number of hydrogen-bond donors (Lipinski definition) is 1. The van der Waals surface area contributed by atoms with E-state index in [0.29, 0.717) is 18.1 Å². The first-order valence-electron chi connectivity index (χ1n) is 6.54. The van der Waals surface area contributed by atoms with Gasteiger partial charge < -0.3 is 14.6 Å². The van der Waals surface area contributed by atoms with E-state index in [1.165, 1.54) is 17.8 Å².